The van der Waals surface area contributed by atoms with Crippen molar-refractivity contribution in [3.05, 3.63) is 89.0 Å². The molecule has 0 amide bonds. The molecule has 0 radical (unpaired) electrons. The number of carboxylic acid groups (broad SMARTS) is 1. The number of nitrogens with two attached hydrogens (primary N) is 2. The van der Waals surface area contributed by atoms with Crippen LogP contribution >= 0.6 is 0 Å². The van der Waals surface area contributed by atoms with Crippen molar-refractivity contribution in [3.8, 4) is 46.3 Å². The number of halogens is 2. The topological polar surface area (TPSA) is 186 Å². The third-order valence-electron chi connectivity index (χ3n) is 6.26. The Hall–Kier alpha value is -5.92. The highest BCUT2D eigenvalue weighted by Crippen LogP contribution is 2.42. The summed E-state index contributed by atoms with van der Waals surface area (Å²) in [5.41, 5.74) is 6.23. The molecular formula is C29H24F2N5O7+. The molecule has 4 aromatic rings. The molecule has 1 aliphatic heterocycles. The van der Waals surface area contributed by atoms with Crippen LogP contribution in [0.25, 0.3) is 0 Å². The number of hydrogen-bond donors (Lipinski definition) is 5. The quantitative estimate of drug-likeness (QED) is 0.143. The van der Waals surface area contributed by atoms with Gasteiger partial charge < -0.3 is 34.4 Å². The second-order valence-corrected chi connectivity index (χ2v) is 9.27. The van der Waals surface area contributed by atoms with Crippen LogP contribution in [-0.2, 0) is 0 Å². The van der Waals surface area contributed by atoms with Gasteiger partial charge >= 0.3 is 5.97 Å². The molecule has 14 heteroatoms. The van der Waals surface area contributed by atoms with E-state index in [-0.39, 0.29) is 28.5 Å². The number of hydrogen-bond acceptors (Lipinski definition) is 9. The molecule has 0 atom stereocenters. The minimum Gasteiger partial charge on any atom is -0.504 e. The fourth-order valence-electron chi connectivity index (χ4n) is 4.09. The van der Waals surface area contributed by atoms with Gasteiger partial charge in [-0.25, -0.2) is 4.79 Å². The Morgan fingerprint density at radius 1 is 0.930 bits per heavy atom. The summed E-state index contributed by atoms with van der Waals surface area (Å²) < 4.78 is 48.0. The molecule has 0 bridgehead atoms. The molecule has 220 valence electrons. The molecular weight excluding hydrogens is 568 g/mol. The molecule has 7 N–H and O–H groups in total. The number of carboxylic acids is 1. The lowest BCUT2D eigenvalue weighted by molar-refractivity contribution is -0.114. The average Bonchev–Trinajstić information content (AvgIpc) is 3.41. The van der Waals surface area contributed by atoms with Crippen molar-refractivity contribution in [2.24, 2.45) is 10.7 Å². The van der Waals surface area contributed by atoms with Crippen LogP contribution in [0.5, 0.6) is 46.3 Å². The number of aromatic hydroxyl groups is 2. The number of aliphatic imine (C=N–C) groups is 1. The Morgan fingerprint density at radius 2 is 1.65 bits per heavy atom. The Bertz CT molecular complexity index is 1800. The molecule has 0 fully saturated rings. The summed E-state index contributed by atoms with van der Waals surface area (Å²) in [6.45, 7) is 1.33. The average molecular weight is 593 g/mol. The van der Waals surface area contributed by atoms with Gasteiger partial charge in [-0.05, 0) is 42.5 Å². The number of pyridine rings is 1. The van der Waals surface area contributed by atoms with Crippen molar-refractivity contribution in [3.63, 3.8) is 0 Å². The van der Waals surface area contributed by atoms with E-state index >= 15 is 8.78 Å². The lowest BCUT2D eigenvalue weighted by Gasteiger charge is -2.17. The van der Waals surface area contributed by atoms with Crippen LogP contribution in [0.3, 0.4) is 0 Å². The molecule has 5 rings (SSSR count). The first-order chi connectivity index (χ1) is 20.5. The van der Waals surface area contributed by atoms with Gasteiger partial charge in [0.25, 0.3) is 17.6 Å². The van der Waals surface area contributed by atoms with Crippen molar-refractivity contribution >= 4 is 17.6 Å². The lowest BCUT2D eigenvalue weighted by Crippen LogP contribution is -2.46. The van der Waals surface area contributed by atoms with E-state index in [4.69, 9.17) is 30.5 Å². The number of nitrogens with zero attached hydrogens (tertiary/aromatic N) is 3. The molecule has 3 aromatic carbocycles. The molecule has 0 spiro atoms. The Kier molecular flexibility index (Phi) is 7.66. The van der Waals surface area contributed by atoms with Crippen molar-refractivity contribution in [2.45, 2.75) is 0 Å². The van der Waals surface area contributed by atoms with Crippen molar-refractivity contribution in [1.82, 2.24) is 9.88 Å². The second-order valence-electron chi connectivity index (χ2n) is 9.27. The van der Waals surface area contributed by atoms with E-state index in [1.54, 1.807) is 18.2 Å². The van der Waals surface area contributed by atoms with Gasteiger partial charge in [-0.2, -0.15) is 13.8 Å². The van der Waals surface area contributed by atoms with Gasteiger partial charge in [-0.3, -0.25) is 16.1 Å². The van der Waals surface area contributed by atoms with E-state index in [0.29, 0.717) is 17.9 Å². The number of likely N-dealkylation sites (N-methyl/N-ethyl adjacent to an activating group) is 1. The largest absolute Gasteiger partial charge is 0.504 e. The van der Waals surface area contributed by atoms with Gasteiger partial charge in [0, 0.05) is 25.2 Å². The first-order valence-corrected chi connectivity index (χ1v) is 12.6. The highest BCUT2D eigenvalue weighted by Gasteiger charge is 2.28. The van der Waals surface area contributed by atoms with Gasteiger partial charge in [-0.1, -0.05) is 12.1 Å². The third-order valence-corrected chi connectivity index (χ3v) is 6.26. The number of rotatable bonds is 9. The van der Waals surface area contributed by atoms with Crippen LogP contribution in [0.15, 0.2) is 65.7 Å². The van der Waals surface area contributed by atoms with Crippen LogP contribution in [0.2, 0.25) is 0 Å². The van der Waals surface area contributed by atoms with Gasteiger partial charge in [0.1, 0.15) is 11.6 Å². The van der Waals surface area contributed by atoms with Gasteiger partial charge in [-0.15, -0.1) is 0 Å². The zero-order valence-corrected chi connectivity index (χ0v) is 22.4. The minimum atomic E-state index is -1.48. The smallest absolute Gasteiger partial charge is 0.335 e. The summed E-state index contributed by atoms with van der Waals surface area (Å²) in [7, 11) is 1.87. The number of benzene rings is 3. The zero-order valence-electron chi connectivity index (χ0n) is 22.4. The van der Waals surface area contributed by atoms with Crippen LogP contribution in [0.4, 0.5) is 8.78 Å². The fourth-order valence-corrected chi connectivity index (χ4v) is 4.09. The highest BCUT2D eigenvalue weighted by atomic mass is 19.1. The molecule has 12 nitrogen and oxygen atoms in total. The van der Waals surface area contributed by atoms with E-state index < -0.39 is 52.4 Å². The molecule has 43 heavy (non-hydrogen) atoms. The number of phenols is 2. The summed E-state index contributed by atoms with van der Waals surface area (Å²) in [4.78, 5) is 21.4. The standard InChI is InChI=1S/C29H23F2N5O7/c1-36-10-9-34-26(36)15-3-2-4-17(11-15)41-27-22(30)24(42-20-8-6-16(29(39)40)12-19(20)38)23(31)28(35-27)43-21-13-14(25(32)33)5-7-18(21)37/h2-8,11-13,37-38H,9-10H2,1H3,(H3,32,33)(H,39,40)/p+1. The van der Waals surface area contributed by atoms with Crippen molar-refractivity contribution < 1.29 is 48.5 Å². The Morgan fingerprint density at radius 3 is 2.30 bits per heavy atom. The zero-order chi connectivity index (χ0) is 30.8. The highest BCUT2D eigenvalue weighted by molar-refractivity contribution is 6.00. The summed E-state index contributed by atoms with van der Waals surface area (Å²) in [5.74, 6) is -8.30. The van der Waals surface area contributed by atoms with Gasteiger partial charge in [0.2, 0.25) is 17.4 Å². The molecule has 0 unspecified atom stereocenters. The second kappa shape index (κ2) is 11.5. The maximum absolute atomic E-state index is 15.8. The van der Waals surface area contributed by atoms with E-state index in [9.17, 15) is 15.0 Å². The predicted molar refractivity (Wildman–Crippen MR) is 148 cm³/mol. The first-order valence-electron chi connectivity index (χ1n) is 12.6. The van der Waals surface area contributed by atoms with E-state index in [2.05, 4.69) is 9.98 Å². The number of phenolic OH excluding ortho intramolecular Hbond substituents is 2. The van der Waals surface area contributed by atoms with Crippen LogP contribution < -0.4 is 25.4 Å². The first kappa shape index (κ1) is 28.6. The molecule has 1 aromatic heterocycles. The maximum Gasteiger partial charge on any atom is 0.335 e. The third kappa shape index (κ3) is 5.93. The summed E-state index contributed by atoms with van der Waals surface area (Å²) in [6.07, 6.45) is 0. The number of ether oxygens (including phenoxy) is 3. The van der Waals surface area contributed by atoms with Crippen LogP contribution in [0.1, 0.15) is 21.5 Å². The summed E-state index contributed by atoms with van der Waals surface area (Å²) in [6, 6.07) is 13.2. The normalized spacial score (nSPS) is 12.5. The molecule has 0 saturated carbocycles. The van der Waals surface area contributed by atoms with Gasteiger partial charge in [0.15, 0.2) is 23.0 Å². The monoisotopic (exact) mass is 592 g/mol. The number of amidine groups is 2. The number of carbonyl (C=O) groups is 1. The molecule has 2 heterocycles. The fraction of sp³-hybridized carbons (Fsp3) is 0.103. The summed E-state index contributed by atoms with van der Waals surface area (Å²) >= 11 is 0. The molecule has 0 saturated heterocycles. The van der Waals surface area contributed by atoms with Gasteiger partial charge in [0.05, 0.1) is 17.7 Å². The Labute approximate surface area is 242 Å². The van der Waals surface area contributed by atoms with Crippen LogP contribution in [-0.4, -0.2) is 63.0 Å². The Balaban J connectivity index is 1.59. The number of aromatic nitrogens is 1. The predicted octanol–water partition coefficient (Wildman–Crippen LogP) is 3.00. The SMILES string of the molecule is CN1CCN=C1c1cccc(Oc2nc(Oc3cc(C(N)=[NH2+])ccc3O)c(F)c(Oc3ccc(C(=O)O)cc3O)c2F)c1. The number of aromatic carboxylic acids is 1. The van der Waals surface area contributed by atoms with E-state index in [1.807, 2.05) is 11.9 Å². The summed E-state index contributed by atoms with van der Waals surface area (Å²) in [5, 5.41) is 35.3. The molecule has 1 aliphatic rings. The minimum absolute atomic E-state index is 0.111. The maximum atomic E-state index is 15.8. The van der Waals surface area contributed by atoms with E-state index in [0.717, 1.165) is 24.7 Å². The van der Waals surface area contributed by atoms with E-state index in [1.165, 1.54) is 24.3 Å². The lowest BCUT2D eigenvalue weighted by atomic mass is 10.2. The van der Waals surface area contributed by atoms with Crippen molar-refractivity contribution in [1.29, 1.82) is 0 Å². The molecule has 0 aliphatic carbocycles. The van der Waals surface area contributed by atoms with Crippen molar-refractivity contribution in [2.75, 3.05) is 20.1 Å². The van der Waals surface area contributed by atoms with Crippen LogP contribution in [0, 0.1) is 11.6 Å².